The molecule has 2 aromatic rings. The van der Waals surface area contributed by atoms with E-state index in [2.05, 4.69) is 0 Å². The van der Waals surface area contributed by atoms with Crippen LogP contribution >= 0.6 is 0 Å². The molecule has 5 N–H and O–H groups in total. The molecule has 3 rings (SSSR count). The minimum absolute atomic E-state index is 0.0420. The van der Waals surface area contributed by atoms with E-state index in [9.17, 15) is 25.5 Å². The first-order chi connectivity index (χ1) is 10.9. The first-order valence-electron chi connectivity index (χ1n) is 6.90. The van der Waals surface area contributed by atoms with E-state index in [0.29, 0.717) is 11.1 Å². The average Bonchev–Trinajstić information content (AvgIpc) is 2.50. The fourth-order valence-corrected chi connectivity index (χ4v) is 2.68. The van der Waals surface area contributed by atoms with Crippen LogP contribution in [0, 0.1) is 0 Å². The summed E-state index contributed by atoms with van der Waals surface area (Å²) in [5.41, 5.74) is 0.777. The molecule has 0 bridgehead atoms. The van der Waals surface area contributed by atoms with E-state index in [-0.39, 0.29) is 29.4 Å². The highest BCUT2D eigenvalue weighted by Crippen LogP contribution is 2.44. The lowest BCUT2D eigenvalue weighted by atomic mass is 9.93. The minimum atomic E-state index is -0.994. The number of ether oxygens (including phenoxy) is 2. The zero-order valence-corrected chi connectivity index (χ0v) is 12.2. The third-order valence-electron chi connectivity index (χ3n) is 3.81. The van der Waals surface area contributed by atoms with Crippen molar-refractivity contribution < 1.29 is 35.0 Å². The van der Waals surface area contributed by atoms with Gasteiger partial charge in [-0.05, 0) is 12.1 Å². The molecule has 0 aliphatic carbocycles. The molecule has 0 aromatic heterocycles. The van der Waals surface area contributed by atoms with Crippen molar-refractivity contribution in [2.75, 3.05) is 7.11 Å². The van der Waals surface area contributed by atoms with Gasteiger partial charge in [0, 0.05) is 29.7 Å². The van der Waals surface area contributed by atoms with E-state index in [1.807, 2.05) is 0 Å². The van der Waals surface area contributed by atoms with Crippen LogP contribution in [-0.4, -0.2) is 38.7 Å². The van der Waals surface area contributed by atoms with Gasteiger partial charge in [-0.25, -0.2) is 0 Å². The van der Waals surface area contributed by atoms with Crippen molar-refractivity contribution in [3.8, 4) is 34.5 Å². The summed E-state index contributed by atoms with van der Waals surface area (Å²) in [6, 6.07) is 5.21. The molecule has 0 unspecified atom stereocenters. The lowest BCUT2D eigenvalue weighted by Crippen LogP contribution is -2.30. The van der Waals surface area contributed by atoms with Crippen LogP contribution in [-0.2, 0) is 6.42 Å². The molecule has 0 fully saturated rings. The number of phenols is 4. The van der Waals surface area contributed by atoms with Gasteiger partial charge in [-0.1, -0.05) is 0 Å². The monoisotopic (exact) mass is 320 g/mol. The Morgan fingerprint density at radius 1 is 1.04 bits per heavy atom. The van der Waals surface area contributed by atoms with Gasteiger partial charge >= 0.3 is 0 Å². The second kappa shape index (κ2) is 5.44. The van der Waals surface area contributed by atoms with E-state index in [0.717, 1.165) is 0 Å². The molecule has 7 heteroatoms. The van der Waals surface area contributed by atoms with E-state index < -0.39 is 23.7 Å². The fraction of sp³-hybridized carbons (Fsp3) is 0.250. The molecular weight excluding hydrogens is 304 g/mol. The maximum Gasteiger partial charge on any atom is 0.200 e. The van der Waals surface area contributed by atoms with Crippen LogP contribution in [0.5, 0.6) is 34.5 Å². The Bertz CT molecular complexity index is 757. The summed E-state index contributed by atoms with van der Waals surface area (Å²) < 4.78 is 10.6. The van der Waals surface area contributed by atoms with Crippen molar-refractivity contribution in [1.82, 2.24) is 0 Å². The van der Waals surface area contributed by atoms with E-state index in [1.165, 1.54) is 31.4 Å². The van der Waals surface area contributed by atoms with Crippen molar-refractivity contribution in [2.45, 2.75) is 18.6 Å². The highest BCUT2D eigenvalue weighted by atomic mass is 16.5. The number of aliphatic hydroxyl groups is 1. The molecule has 0 saturated heterocycles. The number of benzene rings is 2. The number of aliphatic hydroxyl groups excluding tert-OH is 1. The molecule has 0 saturated carbocycles. The highest BCUT2D eigenvalue weighted by Gasteiger charge is 2.33. The zero-order chi connectivity index (χ0) is 16.7. The summed E-state index contributed by atoms with van der Waals surface area (Å²) in [6.45, 7) is 0. The first kappa shape index (κ1) is 15.1. The van der Waals surface area contributed by atoms with Gasteiger partial charge in [-0.2, -0.15) is 0 Å². The predicted molar refractivity (Wildman–Crippen MR) is 79.2 cm³/mol. The number of rotatable bonds is 2. The van der Waals surface area contributed by atoms with Crippen LogP contribution in [0.1, 0.15) is 17.2 Å². The van der Waals surface area contributed by atoms with Crippen LogP contribution < -0.4 is 9.47 Å². The van der Waals surface area contributed by atoms with Crippen LogP contribution in [0.3, 0.4) is 0 Å². The van der Waals surface area contributed by atoms with Gasteiger partial charge in [0.05, 0.1) is 13.2 Å². The summed E-state index contributed by atoms with van der Waals surface area (Å²) >= 11 is 0. The Balaban J connectivity index is 2.03. The molecule has 2 atom stereocenters. The minimum Gasteiger partial charge on any atom is -0.508 e. The highest BCUT2D eigenvalue weighted by molar-refractivity contribution is 5.54. The maximum absolute atomic E-state index is 10.3. The largest absolute Gasteiger partial charge is 0.508 e. The summed E-state index contributed by atoms with van der Waals surface area (Å²) in [7, 11) is 1.34. The summed E-state index contributed by atoms with van der Waals surface area (Å²) in [6.07, 6.45) is -1.74. The summed E-state index contributed by atoms with van der Waals surface area (Å²) in [5, 5.41) is 49.1. The zero-order valence-electron chi connectivity index (χ0n) is 12.2. The number of methoxy groups -OCH3 is 1. The molecule has 1 aliphatic heterocycles. The Hall–Kier alpha value is -2.80. The third-order valence-corrected chi connectivity index (χ3v) is 3.81. The fourth-order valence-electron chi connectivity index (χ4n) is 2.68. The van der Waals surface area contributed by atoms with Gasteiger partial charge in [0.15, 0.2) is 17.6 Å². The summed E-state index contributed by atoms with van der Waals surface area (Å²) in [5.74, 6) is -0.854. The van der Waals surface area contributed by atoms with Gasteiger partial charge in [-0.15, -0.1) is 0 Å². The number of fused-ring (bicyclic) bond motifs is 1. The molecular formula is C16H16O7. The number of hydrogen-bond donors (Lipinski definition) is 5. The van der Waals surface area contributed by atoms with Gasteiger partial charge in [0.1, 0.15) is 17.2 Å². The van der Waals surface area contributed by atoms with Crippen molar-refractivity contribution in [1.29, 1.82) is 0 Å². The Kier molecular flexibility index (Phi) is 3.57. The maximum atomic E-state index is 10.3. The summed E-state index contributed by atoms with van der Waals surface area (Å²) in [4.78, 5) is 0. The smallest absolute Gasteiger partial charge is 0.200 e. The normalized spacial score (nSPS) is 19.7. The van der Waals surface area contributed by atoms with Crippen LogP contribution in [0.2, 0.25) is 0 Å². The van der Waals surface area contributed by atoms with Gasteiger partial charge < -0.3 is 35.0 Å². The lowest BCUT2D eigenvalue weighted by molar-refractivity contribution is 0.0196. The average molecular weight is 320 g/mol. The standard InChI is InChI=1S/C16H16O7/c1-22-14-3-7(2-11(19)15(14)21)16-12(20)6-9-10(18)4-8(17)5-13(9)23-16/h2-5,12,16-21H,6H2,1H3/t12-,16-/m0/s1. The van der Waals surface area contributed by atoms with Crippen molar-refractivity contribution in [3.63, 3.8) is 0 Å². The molecule has 23 heavy (non-hydrogen) atoms. The van der Waals surface area contributed by atoms with E-state index >= 15 is 0 Å². The predicted octanol–water partition coefficient (Wildman–Crippen LogP) is 1.55. The molecule has 0 spiro atoms. The van der Waals surface area contributed by atoms with E-state index in [4.69, 9.17) is 9.47 Å². The van der Waals surface area contributed by atoms with Crippen LogP contribution in [0.4, 0.5) is 0 Å². The Morgan fingerprint density at radius 2 is 1.78 bits per heavy atom. The SMILES string of the molecule is COc1cc([C@@H]2Oc3cc(O)cc(O)c3C[C@@H]2O)cc(O)c1O. The second-order valence-corrected chi connectivity index (χ2v) is 5.34. The Morgan fingerprint density at radius 3 is 2.48 bits per heavy atom. The first-order valence-corrected chi connectivity index (χ1v) is 6.90. The number of phenolic OH excluding ortho intramolecular Hbond substituents is 4. The Labute approximate surface area is 131 Å². The van der Waals surface area contributed by atoms with Crippen molar-refractivity contribution in [3.05, 3.63) is 35.4 Å². The molecule has 0 amide bonds. The van der Waals surface area contributed by atoms with Gasteiger partial charge in [0.2, 0.25) is 5.75 Å². The molecule has 1 aliphatic rings. The van der Waals surface area contributed by atoms with Crippen LogP contribution in [0.15, 0.2) is 24.3 Å². The van der Waals surface area contributed by atoms with Gasteiger partial charge in [-0.3, -0.25) is 0 Å². The lowest BCUT2D eigenvalue weighted by Gasteiger charge is -2.31. The van der Waals surface area contributed by atoms with Crippen molar-refractivity contribution in [2.24, 2.45) is 0 Å². The number of aromatic hydroxyl groups is 4. The topological polar surface area (TPSA) is 120 Å². The molecule has 122 valence electrons. The molecule has 7 nitrogen and oxygen atoms in total. The molecule has 2 aromatic carbocycles. The molecule has 0 radical (unpaired) electrons. The quantitative estimate of drug-likeness (QED) is 0.533. The third kappa shape index (κ3) is 2.55. The van der Waals surface area contributed by atoms with Crippen LogP contribution in [0.25, 0.3) is 0 Å². The van der Waals surface area contributed by atoms with Crippen molar-refractivity contribution >= 4 is 0 Å². The van der Waals surface area contributed by atoms with E-state index in [1.54, 1.807) is 0 Å². The van der Waals surface area contributed by atoms with Gasteiger partial charge in [0.25, 0.3) is 0 Å². The molecule has 1 heterocycles. The number of hydrogen-bond acceptors (Lipinski definition) is 7. The second-order valence-electron chi connectivity index (χ2n) is 5.34.